The number of carbonyl (C=O) groups is 1. The molecule has 2 rings (SSSR count). The fourth-order valence-corrected chi connectivity index (χ4v) is 3.95. The summed E-state index contributed by atoms with van der Waals surface area (Å²) in [7, 11) is 0. The van der Waals surface area contributed by atoms with E-state index in [0.29, 0.717) is 11.6 Å². The Balaban J connectivity index is 2.02. The van der Waals surface area contributed by atoms with Crippen molar-refractivity contribution in [1.82, 2.24) is 5.32 Å². The Hall–Kier alpha value is -0.680. The molecule has 2 fully saturated rings. The molecule has 0 bridgehead atoms. The van der Waals surface area contributed by atoms with Gasteiger partial charge in [-0.1, -0.05) is 45.3 Å². The van der Waals surface area contributed by atoms with Crippen LogP contribution in [-0.2, 0) is 9.53 Å². The summed E-state index contributed by atoms with van der Waals surface area (Å²) in [6.45, 7) is 7.02. The molecule has 3 N–H and O–H groups in total. The van der Waals surface area contributed by atoms with Gasteiger partial charge in [-0.3, -0.25) is 4.79 Å². The third-order valence-electron chi connectivity index (χ3n) is 5.46. The van der Waals surface area contributed by atoms with E-state index >= 15 is 0 Å². The normalized spacial score (nSPS) is 30.2. The van der Waals surface area contributed by atoms with Crippen molar-refractivity contribution in [2.24, 2.45) is 16.6 Å². The summed E-state index contributed by atoms with van der Waals surface area (Å²) in [6, 6.07) is 0.148. The maximum Gasteiger partial charge on any atom is 0.233 e. The summed E-state index contributed by atoms with van der Waals surface area (Å²) in [5.41, 5.74) is 5.27. The third kappa shape index (κ3) is 2.95. The third-order valence-corrected chi connectivity index (χ3v) is 5.86. The van der Waals surface area contributed by atoms with Gasteiger partial charge in [0, 0.05) is 18.1 Å². The molecule has 0 aromatic rings. The van der Waals surface area contributed by atoms with E-state index in [0.717, 1.165) is 32.1 Å². The molecule has 0 aromatic heterocycles. The smallest absolute Gasteiger partial charge is 0.233 e. The van der Waals surface area contributed by atoms with E-state index in [1.54, 1.807) is 0 Å². The molecular formula is C16H28N2O2S. The number of carbonyl (C=O) groups excluding carboxylic acids is 1. The number of hydrogen-bond acceptors (Lipinski definition) is 3. The molecule has 0 aliphatic heterocycles. The van der Waals surface area contributed by atoms with Crippen molar-refractivity contribution < 1.29 is 9.53 Å². The van der Waals surface area contributed by atoms with Crippen LogP contribution in [0.1, 0.15) is 59.3 Å². The molecule has 0 spiro atoms. The highest BCUT2D eigenvalue weighted by Gasteiger charge is 2.52. The average Bonchev–Trinajstić information content (AvgIpc) is 2.46. The molecule has 120 valence electrons. The highest BCUT2D eigenvalue weighted by Crippen LogP contribution is 2.44. The zero-order chi connectivity index (χ0) is 15.7. The Morgan fingerprint density at radius 2 is 1.95 bits per heavy atom. The van der Waals surface area contributed by atoms with Gasteiger partial charge in [-0.05, 0) is 26.2 Å². The van der Waals surface area contributed by atoms with Crippen LogP contribution in [0.15, 0.2) is 0 Å². The topological polar surface area (TPSA) is 64.3 Å². The molecule has 0 saturated heterocycles. The van der Waals surface area contributed by atoms with Crippen molar-refractivity contribution in [2.45, 2.75) is 71.4 Å². The highest BCUT2D eigenvalue weighted by molar-refractivity contribution is 7.80. The van der Waals surface area contributed by atoms with Crippen LogP contribution in [0.3, 0.4) is 0 Å². The monoisotopic (exact) mass is 312 g/mol. The van der Waals surface area contributed by atoms with Crippen LogP contribution in [0.2, 0.25) is 0 Å². The van der Waals surface area contributed by atoms with Crippen molar-refractivity contribution in [3.05, 3.63) is 0 Å². The Morgan fingerprint density at radius 1 is 1.33 bits per heavy atom. The van der Waals surface area contributed by atoms with Crippen LogP contribution in [0.25, 0.3) is 0 Å². The van der Waals surface area contributed by atoms with Crippen LogP contribution in [0, 0.1) is 10.8 Å². The van der Waals surface area contributed by atoms with Gasteiger partial charge < -0.3 is 15.8 Å². The molecular weight excluding hydrogens is 284 g/mol. The minimum absolute atomic E-state index is 0.0300. The minimum atomic E-state index is -0.625. The Morgan fingerprint density at radius 3 is 2.43 bits per heavy atom. The van der Waals surface area contributed by atoms with E-state index in [4.69, 9.17) is 22.7 Å². The largest absolute Gasteiger partial charge is 0.392 e. The fourth-order valence-electron chi connectivity index (χ4n) is 3.65. The SMILES string of the molecule is CCOC1CC(NC(=O)C2(C(N)=S)CCCCC2)C1(C)C. The van der Waals surface area contributed by atoms with Crippen molar-refractivity contribution >= 4 is 23.1 Å². The van der Waals surface area contributed by atoms with Crippen molar-refractivity contribution in [1.29, 1.82) is 0 Å². The molecule has 2 unspecified atom stereocenters. The van der Waals surface area contributed by atoms with Gasteiger partial charge in [0.05, 0.1) is 16.5 Å². The zero-order valence-electron chi connectivity index (χ0n) is 13.4. The molecule has 4 nitrogen and oxygen atoms in total. The maximum atomic E-state index is 12.8. The first-order valence-corrected chi connectivity index (χ1v) is 8.48. The summed E-state index contributed by atoms with van der Waals surface area (Å²) >= 11 is 5.23. The number of rotatable bonds is 5. The number of nitrogens with two attached hydrogens (primary N) is 1. The van der Waals surface area contributed by atoms with Crippen molar-refractivity contribution in [3.8, 4) is 0 Å². The first-order valence-electron chi connectivity index (χ1n) is 8.07. The fraction of sp³-hybridized carbons (Fsp3) is 0.875. The van der Waals surface area contributed by atoms with E-state index in [1.165, 1.54) is 6.42 Å². The number of ether oxygens (including phenoxy) is 1. The zero-order valence-corrected chi connectivity index (χ0v) is 14.2. The van der Waals surface area contributed by atoms with Crippen LogP contribution < -0.4 is 11.1 Å². The lowest BCUT2D eigenvalue weighted by Gasteiger charge is -2.52. The van der Waals surface area contributed by atoms with Gasteiger partial charge in [-0.15, -0.1) is 0 Å². The molecule has 2 saturated carbocycles. The van der Waals surface area contributed by atoms with Crippen LogP contribution in [-0.4, -0.2) is 29.6 Å². The molecule has 0 heterocycles. The summed E-state index contributed by atoms with van der Waals surface area (Å²) < 4.78 is 5.72. The molecule has 0 radical (unpaired) electrons. The summed E-state index contributed by atoms with van der Waals surface area (Å²) in [4.78, 5) is 13.2. The molecule has 0 aromatic carbocycles. The predicted molar refractivity (Wildman–Crippen MR) is 88.0 cm³/mol. The van der Waals surface area contributed by atoms with Gasteiger partial charge in [0.25, 0.3) is 0 Å². The lowest BCUT2D eigenvalue weighted by atomic mass is 9.63. The lowest BCUT2D eigenvalue weighted by Crippen LogP contribution is -2.64. The van der Waals surface area contributed by atoms with E-state index < -0.39 is 5.41 Å². The molecule has 21 heavy (non-hydrogen) atoms. The molecule has 2 aliphatic rings. The molecule has 2 aliphatic carbocycles. The van der Waals surface area contributed by atoms with Crippen LogP contribution in [0.5, 0.6) is 0 Å². The second kappa shape index (κ2) is 6.21. The highest BCUT2D eigenvalue weighted by atomic mass is 32.1. The van der Waals surface area contributed by atoms with Gasteiger partial charge in [0.1, 0.15) is 0 Å². The van der Waals surface area contributed by atoms with Gasteiger partial charge in [-0.25, -0.2) is 0 Å². The summed E-state index contributed by atoms with van der Waals surface area (Å²) in [5.74, 6) is 0.0303. The molecule has 5 heteroatoms. The first-order chi connectivity index (χ1) is 9.84. The Bertz CT molecular complexity index is 417. The standard InChI is InChI=1S/C16H28N2O2S/c1-4-20-12-10-11(15(12,2)3)18-14(19)16(13(17)21)8-6-5-7-9-16/h11-12H,4-10H2,1-3H3,(H2,17,21)(H,18,19). The number of thiocarbonyl (C=S) groups is 1. The quantitative estimate of drug-likeness (QED) is 0.766. The second-order valence-corrected chi connectivity index (χ2v) is 7.47. The van der Waals surface area contributed by atoms with E-state index in [1.807, 2.05) is 6.92 Å². The van der Waals surface area contributed by atoms with E-state index in [-0.39, 0.29) is 23.5 Å². The van der Waals surface area contributed by atoms with Crippen molar-refractivity contribution in [3.63, 3.8) is 0 Å². The number of hydrogen-bond donors (Lipinski definition) is 2. The average molecular weight is 312 g/mol. The van der Waals surface area contributed by atoms with Gasteiger partial charge in [0.15, 0.2) is 0 Å². The number of amides is 1. The van der Waals surface area contributed by atoms with Crippen molar-refractivity contribution in [2.75, 3.05) is 6.61 Å². The van der Waals surface area contributed by atoms with Crippen LogP contribution >= 0.6 is 12.2 Å². The Labute approximate surface area is 133 Å². The first kappa shape index (κ1) is 16.7. The lowest BCUT2D eigenvalue weighted by molar-refractivity contribution is -0.142. The summed E-state index contributed by atoms with van der Waals surface area (Å²) in [5, 5.41) is 3.20. The molecule has 1 amide bonds. The van der Waals surface area contributed by atoms with Crippen LogP contribution in [0.4, 0.5) is 0 Å². The number of nitrogens with one attached hydrogen (secondary N) is 1. The van der Waals surface area contributed by atoms with Gasteiger partial charge >= 0.3 is 0 Å². The summed E-state index contributed by atoms with van der Waals surface area (Å²) in [6.07, 6.45) is 5.89. The molecule has 2 atom stereocenters. The maximum absolute atomic E-state index is 12.8. The van der Waals surface area contributed by atoms with Gasteiger partial charge in [-0.2, -0.15) is 0 Å². The van der Waals surface area contributed by atoms with Gasteiger partial charge in [0.2, 0.25) is 5.91 Å². The van der Waals surface area contributed by atoms with E-state index in [2.05, 4.69) is 19.2 Å². The Kier molecular flexibility index (Phi) is 4.93. The second-order valence-electron chi connectivity index (χ2n) is 7.03. The van der Waals surface area contributed by atoms with E-state index in [9.17, 15) is 4.79 Å². The predicted octanol–water partition coefficient (Wildman–Crippen LogP) is 2.54. The minimum Gasteiger partial charge on any atom is -0.392 e.